The number of nitrogens with one attached hydrogen (secondary N) is 1. The molecular formula is C13H13ClN2O3. The number of hydrogen-bond donors (Lipinski definition) is 3. The molecular weight excluding hydrogens is 268 g/mol. The molecule has 2 atom stereocenters. The molecule has 0 aromatic heterocycles. The lowest BCUT2D eigenvalue weighted by molar-refractivity contribution is -0.140. The van der Waals surface area contributed by atoms with Crippen LogP contribution in [0.5, 0.6) is 0 Å². The van der Waals surface area contributed by atoms with Gasteiger partial charge in [-0.05, 0) is 18.6 Å². The van der Waals surface area contributed by atoms with Crippen LogP contribution in [0.2, 0.25) is 5.02 Å². The minimum Gasteiger partial charge on any atom is -0.481 e. The minimum absolute atomic E-state index is 0.155. The molecule has 1 aromatic carbocycles. The highest BCUT2D eigenvalue weighted by molar-refractivity contribution is 6.34. The fourth-order valence-electron chi connectivity index (χ4n) is 2.08. The van der Waals surface area contributed by atoms with E-state index in [1.165, 1.54) is 0 Å². The molecule has 1 aromatic rings. The zero-order valence-electron chi connectivity index (χ0n) is 9.97. The van der Waals surface area contributed by atoms with Crippen molar-refractivity contribution in [2.75, 3.05) is 5.32 Å². The Morgan fingerprint density at radius 2 is 2.11 bits per heavy atom. The van der Waals surface area contributed by atoms with Crippen molar-refractivity contribution in [3.63, 3.8) is 0 Å². The van der Waals surface area contributed by atoms with Gasteiger partial charge in [-0.2, -0.15) is 0 Å². The van der Waals surface area contributed by atoms with Gasteiger partial charge in [0.25, 0.3) is 5.91 Å². The fourth-order valence-corrected chi connectivity index (χ4v) is 2.35. The van der Waals surface area contributed by atoms with Crippen LogP contribution in [0.4, 0.5) is 5.69 Å². The third-order valence-electron chi connectivity index (χ3n) is 3.00. The predicted molar refractivity (Wildman–Crippen MR) is 72.3 cm³/mol. The van der Waals surface area contributed by atoms with E-state index in [9.17, 15) is 9.59 Å². The summed E-state index contributed by atoms with van der Waals surface area (Å²) in [6.45, 7) is 0. The van der Waals surface area contributed by atoms with Crippen LogP contribution in [0.3, 0.4) is 0 Å². The summed E-state index contributed by atoms with van der Waals surface area (Å²) in [5.74, 6) is -1.99. The predicted octanol–water partition coefficient (Wildman–Crippen LogP) is 1.88. The van der Waals surface area contributed by atoms with Gasteiger partial charge in [-0.15, -0.1) is 0 Å². The Morgan fingerprint density at radius 3 is 2.68 bits per heavy atom. The normalized spacial score (nSPS) is 21.3. The van der Waals surface area contributed by atoms with Gasteiger partial charge in [-0.1, -0.05) is 29.8 Å². The smallest absolute Gasteiger partial charge is 0.310 e. The van der Waals surface area contributed by atoms with Crippen LogP contribution in [0.1, 0.15) is 16.8 Å². The highest BCUT2D eigenvalue weighted by Crippen LogP contribution is 2.27. The average Bonchev–Trinajstić information content (AvgIpc) is 2.77. The van der Waals surface area contributed by atoms with E-state index >= 15 is 0 Å². The van der Waals surface area contributed by atoms with Gasteiger partial charge in [-0.3, -0.25) is 9.59 Å². The first-order valence-corrected chi connectivity index (χ1v) is 6.13. The molecule has 1 aliphatic carbocycles. The molecule has 1 aliphatic rings. The van der Waals surface area contributed by atoms with E-state index < -0.39 is 17.8 Å². The summed E-state index contributed by atoms with van der Waals surface area (Å²) in [6, 6.07) is 4.81. The summed E-state index contributed by atoms with van der Waals surface area (Å²) in [7, 11) is 0. The van der Waals surface area contributed by atoms with E-state index in [-0.39, 0.29) is 16.6 Å². The van der Waals surface area contributed by atoms with Gasteiger partial charge in [0.05, 0.1) is 16.5 Å². The number of hydrogen-bond acceptors (Lipinski definition) is 3. The van der Waals surface area contributed by atoms with Gasteiger partial charge in [0.2, 0.25) is 0 Å². The second kappa shape index (κ2) is 5.32. The van der Waals surface area contributed by atoms with Crippen LogP contribution < -0.4 is 11.1 Å². The van der Waals surface area contributed by atoms with E-state index in [2.05, 4.69) is 5.32 Å². The van der Waals surface area contributed by atoms with Crippen molar-refractivity contribution in [1.82, 2.24) is 0 Å². The molecule has 100 valence electrons. The molecule has 0 saturated carbocycles. The fraction of sp³-hybridized carbons (Fsp3) is 0.231. The third kappa shape index (κ3) is 2.88. The van der Waals surface area contributed by atoms with Crippen LogP contribution in [0.25, 0.3) is 0 Å². The van der Waals surface area contributed by atoms with Crippen molar-refractivity contribution >= 4 is 29.2 Å². The zero-order valence-corrected chi connectivity index (χ0v) is 10.7. The second-order valence-corrected chi connectivity index (χ2v) is 4.75. The van der Waals surface area contributed by atoms with Crippen LogP contribution in [-0.2, 0) is 4.79 Å². The Hall–Kier alpha value is -2.01. The van der Waals surface area contributed by atoms with Crippen molar-refractivity contribution in [3.05, 3.63) is 40.9 Å². The number of rotatable bonds is 4. The first-order chi connectivity index (χ1) is 8.99. The number of carboxylic acid groups (broad SMARTS) is 1. The topological polar surface area (TPSA) is 92.4 Å². The number of carbonyl (C=O) groups excluding carboxylic acids is 1. The van der Waals surface area contributed by atoms with E-state index in [0.29, 0.717) is 12.1 Å². The quantitative estimate of drug-likeness (QED) is 0.734. The molecule has 0 bridgehead atoms. The summed E-state index contributed by atoms with van der Waals surface area (Å²) >= 11 is 5.94. The minimum atomic E-state index is -0.859. The highest BCUT2D eigenvalue weighted by Gasteiger charge is 2.25. The van der Waals surface area contributed by atoms with Gasteiger partial charge in [0, 0.05) is 11.7 Å². The number of halogens is 1. The van der Waals surface area contributed by atoms with Gasteiger partial charge in [-0.25, -0.2) is 0 Å². The summed E-state index contributed by atoms with van der Waals surface area (Å²) in [6.07, 6.45) is 3.83. The van der Waals surface area contributed by atoms with E-state index in [1.54, 1.807) is 30.4 Å². The Bertz CT molecular complexity index is 557. The first kappa shape index (κ1) is 13.4. The van der Waals surface area contributed by atoms with Crippen molar-refractivity contribution in [3.8, 4) is 0 Å². The summed E-state index contributed by atoms with van der Waals surface area (Å²) in [5, 5.41) is 12.3. The van der Waals surface area contributed by atoms with E-state index in [0.717, 1.165) is 0 Å². The summed E-state index contributed by atoms with van der Waals surface area (Å²) in [5.41, 5.74) is 6.02. The number of benzene rings is 1. The van der Waals surface area contributed by atoms with Crippen molar-refractivity contribution in [2.45, 2.75) is 12.5 Å². The molecule has 19 heavy (non-hydrogen) atoms. The molecule has 2 rings (SSSR count). The number of carboxylic acids is 1. The highest BCUT2D eigenvalue weighted by atomic mass is 35.5. The number of anilines is 1. The van der Waals surface area contributed by atoms with E-state index in [1.807, 2.05) is 0 Å². The Morgan fingerprint density at radius 1 is 1.37 bits per heavy atom. The maximum absolute atomic E-state index is 11.4. The molecule has 0 saturated heterocycles. The van der Waals surface area contributed by atoms with Crippen LogP contribution in [0.15, 0.2) is 30.4 Å². The molecule has 0 heterocycles. The lowest BCUT2D eigenvalue weighted by atomic mass is 10.1. The number of carbonyl (C=O) groups is 2. The Kier molecular flexibility index (Phi) is 3.76. The number of primary amides is 1. The summed E-state index contributed by atoms with van der Waals surface area (Å²) in [4.78, 5) is 22.2. The van der Waals surface area contributed by atoms with Gasteiger partial charge < -0.3 is 16.2 Å². The van der Waals surface area contributed by atoms with Gasteiger partial charge >= 0.3 is 5.97 Å². The number of aliphatic carboxylic acids is 1. The van der Waals surface area contributed by atoms with Crippen molar-refractivity contribution in [2.24, 2.45) is 11.7 Å². The zero-order chi connectivity index (χ0) is 14.0. The monoisotopic (exact) mass is 280 g/mol. The van der Waals surface area contributed by atoms with Crippen LogP contribution in [-0.4, -0.2) is 23.0 Å². The lowest BCUT2D eigenvalue weighted by Crippen LogP contribution is -2.22. The Labute approximate surface area is 115 Å². The standard InChI is InChI=1S/C13H13ClN2O3/c14-9-2-1-3-10(11(9)12(15)17)16-8-5-4-7(6-8)13(18)19/h1-5,7-8,16H,6H2,(H2,15,17)(H,18,19). The molecule has 0 radical (unpaired) electrons. The lowest BCUT2D eigenvalue weighted by Gasteiger charge is -2.16. The van der Waals surface area contributed by atoms with Crippen LogP contribution >= 0.6 is 11.6 Å². The average molecular weight is 281 g/mol. The maximum Gasteiger partial charge on any atom is 0.310 e. The van der Waals surface area contributed by atoms with Gasteiger partial charge in [0.15, 0.2) is 0 Å². The maximum atomic E-state index is 11.4. The SMILES string of the molecule is NC(=O)c1c(Cl)cccc1NC1C=CC(C(=O)O)C1. The molecule has 2 unspecified atom stereocenters. The number of nitrogens with two attached hydrogens (primary N) is 1. The van der Waals surface area contributed by atoms with Crippen LogP contribution in [0, 0.1) is 5.92 Å². The van der Waals surface area contributed by atoms with Gasteiger partial charge in [0.1, 0.15) is 0 Å². The van der Waals surface area contributed by atoms with Crippen molar-refractivity contribution in [1.29, 1.82) is 0 Å². The largest absolute Gasteiger partial charge is 0.481 e. The molecule has 0 fully saturated rings. The summed E-state index contributed by atoms with van der Waals surface area (Å²) < 4.78 is 0. The third-order valence-corrected chi connectivity index (χ3v) is 3.32. The molecule has 1 amide bonds. The number of amides is 1. The molecule has 5 nitrogen and oxygen atoms in total. The second-order valence-electron chi connectivity index (χ2n) is 4.34. The molecule has 6 heteroatoms. The van der Waals surface area contributed by atoms with Crippen molar-refractivity contribution < 1.29 is 14.7 Å². The van der Waals surface area contributed by atoms with E-state index in [4.69, 9.17) is 22.4 Å². The first-order valence-electron chi connectivity index (χ1n) is 5.75. The molecule has 4 N–H and O–H groups in total. The molecule has 0 aliphatic heterocycles. The molecule has 0 spiro atoms. The Balaban J connectivity index is 2.17.